The number of benzene rings is 2. The minimum absolute atomic E-state index is 0.0538. The average molecular weight is 462 g/mol. The van der Waals surface area contributed by atoms with Crippen LogP contribution in [0.5, 0.6) is 0 Å². The van der Waals surface area contributed by atoms with Gasteiger partial charge in [-0.1, -0.05) is 30.3 Å². The summed E-state index contributed by atoms with van der Waals surface area (Å²) in [6, 6.07) is 14.3. The first kappa shape index (κ1) is 22.3. The molecule has 0 radical (unpaired) electrons. The highest BCUT2D eigenvalue weighted by Gasteiger charge is 2.21. The Bertz CT molecular complexity index is 1340. The molecule has 9 nitrogen and oxygen atoms in total. The monoisotopic (exact) mass is 461 g/mol. The van der Waals surface area contributed by atoms with Gasteiger partial charge >= 0.3 is 0 Å². The van der Waals surface area contributed by atoms with Crippen molar-refractivity contribution in [3.8, 4) is 11.1 Å². The van der Waals surface area contributed by atoms with E-state index in [1.165, 1.54) is 36.1 Å². The summed E-state index contributed by atoms with van der Waals surface area (Å²) in [5, 5.41) is 8.52. The number of nitrogens with one attached hydrogen (secondary N) is 2. The van der Waals surface area contributed by atoms with Crippen LogP contribution in [0.1, 0.15) is 5.56 Å². The van der Waals surface area contributed by atoms with Crippen LogP contribution in [0.3, 0.4) is 0 Å². The van der Waals surface area contributed by atoms with Crippen LogP contribution in [-0.4, -0.2) is 38.2 Å². The molecule has 0 bridgehead atoms. The molecule has 3 aromatic rings. The molecule has 11 heteroatoms. The first-order chi connectivity index (χ1) is 14.6. The van der Waals surface area contributed by atoms with Crippen LogP contribution in [0.2, 0.25) is 0 Å². The molecule has 31 heavy (non-hydrogen) atoms. The van der Waals surface area contributed by atoms with Crippen LogP contribution in [0, 0.1) is 0 Å². The van der Waals surface area contributed by atoms with Crippen molar-refractivity contribution in [2.45, 2.75) is 4.90 Å². The van der Waals surface area contributed by atoms with Crippen molar-refractivity contribution in [3.05, 3.63) is 78.6 Å². The first-order valence-electron chi connectivity index (χ1n) is 8.83. The van der Waals surface area contributed by atoms with Crippen LogP contribution in [0.25, 0.3) is 17.2 Å². The second-order valence-corrected chi connectivity index (χ2v) is 10.1. The van der Waals surface area contributed by atoms with Crippen molar-refractivity contribution in [1.82, 2.24) is 9.45 Å². The second-order valence-electron chi connectivity index (χ2n) is 6.54. The minimum atomic E-state index is -3.96. The number of hydrogen-bond donors (Lipinski definition) is 3. The number of anilines is 1. The van der Waals surface area contributed by atoms with Crippen molar-refractivity contribution in [1.29, 1.82) is 0 Å². The van der Waals surface area contributed by atoms with Crippen LogP contribution < -0.4 is 10.2 Å². The van der Waals surface area contributed by atoms with Gasteiger partial charge in [-0.15, -0.1) is 0 Å². The Morgan fingerprint density at radius 2 is 1.68 bits per heavy atom. The summed E-state index contributed by atoms with van der Waals surface area (Å²) >= 11 is 0. The zero-order valence-electron chi connectivity index (χ0n) is 16.3. The van der Waals surface area contributed by atoms with Gasteiger partial charge in [0.2, 0.25) is 10.0 Å². The van der Waals surface area contributed by atoms with Gasteiger partial charge in [-0.3, -0.25) is 14.7 Å². The summed E-state index contributed by atoms with van der Waals surface area (Å²) in [6.07, 6.45) is 6.15. The molecule has 0 aliphatic heterocycles. The highest BCUT2D eigenvalue weighted by molar-refractivity contribution is 7.92. The van der Waals surface area contributed by atoms with E-state index in [4.69, 9.17) is 5.21 Å². The van der Waals surface area contributed by atoms with Gasteiger partial charge < -0.3 is 0 Å². The third kappa shape index (κ3) is 5.40. The molecule has 1 amide bonds. The maximum atomic E-state index is 13.2. The number of carbonyl (C=O) groups excluding carboxylic acids is 1. The summed E-state index contributed by atoms with van der Waals surface area (Å²) in [4.78, 5) is 11.2. The zero-order chi connectivity index (χ0) is 22.6. The predicted octanol–water partition coefficient (Wildman–Crippen LogP) is 2.28. The molecule has 0 spiro atoms. The SMILES string of the molecule is CS(=O)(=O)Nc1ccc(-c2ccccc2S(=O)(=O)n2ccc(/C=C/C(=O)NO)c2)cc1. The minimum Gasteiger partial charge on any atom is -0.288 e. The van der Waals surface area contributed by atoms with Crippen LogP contribution >= 0.6 is 0 Å². The van der Waals surface area contributed by atoms with E-state index in [0.717, 1.165) is 16.3 Å². The fraction of sp³-hybridized carbons (Fsp3) is 0.0500. The Kier molecular flexibility index (Phi) is 6.29. The number of hydroxylamine groups is 1. The van der Waals surface area contributed by atoms with Gasteiger partial charge in [-0.25, -0.2) is 26.3 Å². The van der Waals surface area contributed by atoms with E-state index in [0.29, 0.717) is 22.4 Å². The van der Waals surface area contributed by atoms with Gasteiger partial charge in [0.15, 0.2) is 0 Å². The van der Waals surface area contributed by atoms with E-state index in [1.54, 1.807) is 42.5 Å². The van der Waals surface area contributed by atoms with Gasteiger partial charge in [-0.2, -0.15) is 0 Å². The quantitative estimate of drug-likeness (QED) is 0.281. The lowest BCUT2D eigenvalue weighted by Gasteiger charge is -2.12. The van der Waals surface area contributed by atoms with Gasteiger partial charge in [0, 0.05) is 29.7 Å². The van der Waals surface area contributed by atoms with Crippen LogP contribution in [0.15, 0.2) is 78.0 Å². The topological polar surface area (TPSA) is 135 Å². The van der Waals surface area contributed by atoms with Crippen molar-refractivity contribution in [3.63, 3.8) is 0 Å². The normalized spacial score (nSPS) is 12.1. The molecule has 0 aliphatic carbocycles. The summed E-state index contributed by atoms with van der Waals surface area (Å²) < 4.78 is 52.6. The number of amides is 1. The first-order valence-corrected chi connectivity index (χ1v) is 12.2. The summed E-state index contributed by atoms with van der Waals surface area (Å²) in [5.74, 6) is -0.741. The number of hydrogen-bond acceptors (Lipinski definition) is 6. The Balaban J connectivity index is 1.97. The molecule has 1 heterocycles. The molecule has 1 aromatic heterocycles. The van der Waals surface area contributed by atoms with Gasteiger partial charge in [-0.05, 0) is 41.5 Å². The fourth-order valence-corrected chi connectivity index (χ4v) is 4.81. The number of sulfonamides is 1. The Labute approximate surface area is 179 Å². The maximum absolute atomic E-state index is 13.2. The lowest BCUT2D eigenvalue weighted by Crippen LogP contribution is -2.14. The van der Waals surface area contributed by atoms with E-state index < -0.39 is 26.0 Å². The molecule has 0 fully saturated rings. The van der Waals surface area contributed by atoms with Crippen molar-refractivity contribution in [2.75, 3.05) is 11.0 Å². The molecule has 3 N–H and O–H groups in total. The summed E-state index contributed by atoms with van der Waals surface area (Å²) in [6.45, 7) is 0. The van der Waals surface area contributed by atoms with Gasteiger partial charge in [0.25, 0.3) is 15.9 Å². The van der Waals surface area contributed by atoms with Crippen molar-refractivity contribution >= 4 is 37.7 Å². The smallest absolute Gasteiger partial charge is 0.268 e. The third-order valence-corrected chi connectivity index (χ3v) is 6.47. The van der Waals surface area contributed by atoms with Crippen LogP contribution in [0.4, 0.5) is 5.69 Å². The third-order valence-electron chi connectivity index (χ3n) is 4.17. The van der Waals surface area contributed by atoms with E-state index in [1.807, 2.05) is 0 Å². The lowest BCUT2D eigenvalue weighted by molar-refractivity contribution is -0.124. The standard InChI is InChI=1S/C20H19N3O6S2/c1-30(26,27)22-17-9-7-16(8-10-17)18-4-2-3-5-19(18)31(28,29)23-13-12-15(14-23)6-11-20(24)21-25/h2-14,22,25H,1H3,(H,21,24)/b11-6+. The summed E-state index contributed by atoms with van der Waals surface area (Å²) in [5.41, 5.74) is 3.29. The summed E-state index contributed by atoms with van der Waals surface area (Å²) in [7, 11) is -7.38. The van der Waals surface area contributed by atoms with Crippen LogP contribution in [-0.2, 0) is 24.8 Å². The molecule has 0 saturated carbocycles. The largest absolute Gasteiger partial charge is 0.288 e. The Morgan fingerprint density at radius 3 is 2.32 bits per heavy atom. The number of nitrogens with zero attached hydrogens (tertiary/aromatic N) is 1. The number of rotatable bonds is 7. The molecular weight excluding hydrogens is 442 g/mol. The highest BCUT2D eigenvalue weighted by atomic mass is 32.2. The average Bonchev–Trinajstić information content (AvgIpc) is 3.21. The van der Waals surface area contributed by atoms with Gasteiger partial charge in [0.05, 0.1) is 11.2 Å². The molecule has 0 unspecified atom stereocenters. The zero-order valence-corrected chi connectivity index (χ0v) is 17.9. The van der Waals surface area contributed by atoms with Crippen molar-refractivity contribution in [2.24, 2.45) is 0 Å². The predicted molar refractivity (Wildman–Crippen MR) is 116 cm³/mol. The number of carbonyl (C=O) groups is 1. The number of aromatic nitrogens is 1. The Hall–Kier alpha value is -3.41. The van der Waals surface area contributed by atoms with E-state index in [-0.39, 0.29) is 4.90 Å². The Morgan fingerprint density at radius 1 is 1.00 bits per heavy atom. The molecule has 3 rings (SSSR count). The van der Waals surface area contributed by atoms with E-state index in [2.05, 4.69) is 4.72 Å². The van der Waals surface area contributed by atoms with E-state index in [9.17, 15) is 21.6 Å². The van der Waals surface area contributed by atoms with E-state index >= 15 is 0 Å². The molecule has 162 valence electrons. The van der Waals surface area contributed by atoms with Crippen molar-refractivity contribution < 1.29 is 26.8 Å². The maximum Gasteiger partial charge on any atom is 0.268 e. The molecule has 0 atom stereocenters. The molecule has 0 saturated heterocycles. The molecule has 0 aliphatic rings. The molecule has 2 aromatic carbocycles. The molecular formula is C20H19N3O6S2. The fourth-order valence-electron chi connectivity index (χ4n) is 2.83. The highest BCUT2D eigenvalue weighted by Crippen LogP contribution is 2.30. The second kappa shape index (κ2) is 8.76. The van der Waals surface area contributed by atoms with Gasteiger partial charge in [0.1, 0.15) is 0 Å². The lowest BCUT2D eigenvalue weighted by atomic mass is 10.1.